The quantitative estimate of drug-likeness (QED) is 0.108. The fourth-order valence-electron chi connectivity index (χ4n) is 5.47. The summed E-state index contributed by atoms with van der Waals surface area (Å²) in [4.78, 5) is 2.25. The predicted molar refractivity (Wildman–Crippen MR) is 164 cm³/mol. The van der Waals surface area contributed by atoms with E-state index in [1.807, 2.05) is 0 Å². The van der Waals surface area contributed by atoms with E-state index in [4.69, 9.17) is 0 Å². The minimum absolute atomic E-state index is 0.977. The number of benzene rings is 1. The highest BCUT2D eigenvalue weighted by Gasteiger charge is 2.09. The summed E-state index contributed by atoms with van der Waals surface area (Å²) in [5.74, 6) is 0.977. The Bertz CT molecular complexity index is 701. The van der Waals surface area contributed by atoms with Gasteiger partial charge in [0.2, 0.25) is 0 Å². The summed E-state index contributed by atoms with van der Waals surface area (Å²) in [6.07, 6.45) is 24.2. The van der Waals surface area contributed by atoms with Gasteiger partial charge in [-0.3, -0.25) is 0 Å². The van der Waals surface area contributed by atoms with Crippen LogP contribution in [0.5, 0.6) is 0 Å². The molecule has 1 heteroatoms. The summed E-state index contributed by atoms with van der Waals surface area (Å²) in [5.41, 5.74) is 6.95. The zero-order valence-electron chi connectivity index (χ0n) is 25.1. The summed E-state index contributed by atoms with van der Waals surface area (Å²) in [5, 5.41) is 0. The largest absolute Gasteiger partial charge is 0.305 e. The van der Waals surface area contributed by atoms with Crippen LogP contribution < -0.4 is 0 Å². The monoisotopic (exact) mass is 495 g/mol. The van der Waals surface area contributed by atoms with Crippen molar-refractivity contribution in [2.24, 2.45) is 5.92 Å². The first-order valence-electron chi connectivity index (χ1n) is 15.4. The normalized spacial score (nSPS) is 11.5. The molecule has 0 heterocycles. The number of hydrogen-bond acceptors (Lipinski definition) is 1. The minimum atomic E-state index is 0.977. The van der Waals surface area contributed by atoms with Crippen LogP contribution in [-0.2, 0) is 19.4 Å². The molecule has 0 unspecified atom stereocenters. The molecule has 0 amide bonds. The second-order valence-corrected chi connectivity index (χ2v) is 11.9. The second kappa shape index (κ2) is 20.7. The van der Waals surface area contributed by atoms with E-state index in [9.17, 15) is 0 Å². The van der Waals surface area contributed by atoms with Crippen LogP contribution in [0.25, 0.3) is 0 Å². The Morgan fingerprint density at radius 2 is 1.22 bits per heavy atom. The van der Waals surface area contributed by atoms with E-state index < -0.39 is 0 Å². The van der Waals surface area contributed by atoms with Crippen molar-refractivity contribution in [1.82, 2.24) is 4.90 Å². The Morgan fingerprint density at radius 3 is 1.75 bits per heavy atom. The summed E-state index contributed by atoms with van der Waals surface area (Å²) in [6.45, 7) is 16.3. The van der Waals surface area contributed by atoms with E-state index in [2.05, 4.69) is 71.1 Å². The zero-order chi connectivity index (χ0) is 26.6. The number of unbranched alkanes of at least 4 members (excludes halogenated alkanes) is 8. The van der Waals surface area contributed by atoms with E-state index in [-0.39, 0.29) is 0 Å². The third kappa shape index (κ3) is 17.2. The van der Waals surface area contributed by atoms with Crippen LogP contribution in [0.2, 0.25) is 0 Å². The van der Waals surface area contributed by atoms with E-state index in [1.165, 1.54) is 124 Å². The Balaban J connectivity index is 2.39. The van der Waals surface area contributed by atoms with Crippen LogP contribution in [-0.4, -0.2) is 19.0 Å². The Hall–Kier alpha value is -1.34. The molecule has 0 N–H and O–H groups in total. The smallest absolute Gasteiger partial charge is 0.0227 e. The summed E-state index contributed by atoms with van der Waals surface area (Å²) in [7, 11) is 4.29. The molecule has 0 bridgehead atoms. The Labute approximate surface area is 226 Å². The first kappa shape index (κ1) is 32.7. The van der Waals surface area contributed by atoms with Crippen LogP contribution in [0.4, 0.5) is 0 Å². The fourth-order valence-corrected chi connectivity index (χ4v) is 5.47. The standard InChI is InChI=1S/C35H61N/c1-8-10-12-16-20-32(21-17-13-11-9-2)22-18-14-15-19-31(5)23-24-33-26-34(25-30(3)4)28-35(27-33)29-36(6)7/h26-28,32H,3,5,8-25,29H2,1-2,4,6-7H3. The van der Waals surface area contributed by atoms with Crippen LogP contribution in [0.3, 0.4) is 0 Å². The van der Waals surface area contributed by atoms with E-state index >= 15 is 0 Å². The summed E-state index contributed by atoms with van der Waals surface area (Å²) >= 11 is 0. The fraction of sp³-hybridized carbons (Fsp3) is 0.714. The molecule has 0 aliphatic heterocycles. The van der Waals surface area contributed by atoms with Gasteiger partial charge in [-0.05, 0) is 75.7 Å². The molecule has 0 spiro atoms. The van der Waals surface area contributed by atoms with Crippen molar-refractivity contribution in [3.05, 3.63) is 59.2 Å². The summed E-state index contributed by atoms with van der Waals surface area (Å²) in [6, 6.07) is 7.15. The second-order valence-electron chi connectivity index (χ2n) is 11.9. The van der Waals surface area contributed by atoms with Crippen LogP contribution in [0.15, 0.2) is 42.5 Å². The molecule has 0 aliphatic rings. The van der Waals surface area contributed by atoms with Gasteiger partial charge in [-0.1, -0.05) is 140 Å². The van der Waals surface area contributed by atoms with E-state index in [0.717, 1.165) is 31.7 Å². The van der Waals surface area contributed by atoms with Gasteiger partial charge in [-0.2, -0.15) is 0 Å². The number of hydrogen-bond donors (Lipinski definition) is 0. The molecule has 0 saturated carbocycles. The van der Waals surface area contributed by atoms with Gasteiger partial charge in [-0.25, -0.2) is 0 Å². The van der Waals surface area contributed by atoms with Crippen molar-refractivity contribution in [1.29, 1.82) is 0 Å². The molecule has 0 radical (unpaired) electrons. The lowest BCUT2D eigenvalue weighted by atomic mass is 9.89. The topological polar surface area (TPSA) is 3.24 Å². The first-order chi connectivity index (χ1) is 17.3. The van der Waals surface area contributed by atoms with Crippen LogP contribution >= 0.6 is 0 Å². The van der Waals surface area contributed by atoms with Crippen molar-refractivity contribution < 1.29 is 0 Å². The van der Waals surface area contributed by atoms with Gasteiger partial charge in [0, 0.05) is 6.54 Å². The molecule has 0 atom stereocenters. The maximum absolute atomic E-state index is 4.44. The molecule has 0 saturated heterocycles. The lowest BCUT2D eigenvalue weighted by molar-refractivity contribution is 0.368. The molecule has 0 aromatic heterocycles. The average Bonchev–Trinajstić information content (AvgIpc) is 2.81. The highest BCUT2D eigenvalue weighted by atomic mass is 15.0. The van der Waals surface area contributed by atoms with Crippen LogP contribution in [0.1, 0.15) is 140 Å². The Morgan fingerprint density at radius 1 is 0.694 bits per heavy atom. The van der Waals surface area contributed by atoms with E-state index in [0.29, 0.717) is 0 Å². The van der Waals surface area contributed by atoms with Crippen molar-refractivity contribution in [3.8, 4) is 0 Å². The molecule has 1 nitrogen and oxygen atoms in total. The summed E-state index contributed by atoms with van der Waals surface area (Å²) < 4.78 is 0. The molecular weight excluding hydrogens is 434 g/mol. The number of allylic oxidation sites excluding steroid dienone is 2. The molecule has 0 aliphatic carbocycles. The first-order valence-corrected chi connectivity index (χ1v) is 15.4. The Kier molecular flexibility index (Phi) is 18.8. The SMILES string of the molecule is C=C(C)Cc1cc(CCC(=C)CCCCCC(CCCCCC)CCCCCC)cc(CN(C)C)c1. The van der Waals surface area contributed by atoms with Gasteiger partial charge in [0.25, 0.3) is 0 Å². The van der Waals surface area contributed by atoms with Crippen molar-refractivity contribution in [3.63, 3.8) is 0 Å². The average molecular weight is 496 g/mol. The molecule has 1 aromatic carbocycles. The molecule has 206 valence electrons. The molecule has 1 aromatic rings. The third-order valence-electron chi connectivity index (χ3n) is 7.46. The molecule has 36 heavy (non-hydrogen) atoms. The minimum Gasteiger partial charge on any atom is -0.305 e. The number of aryl methyl sites for hydroxylation is 1. The van der Waals surface area contributed by atoms with Gasteiger partial charge in [0.05, 0.1) is 0 Å². The maximum atomic E-state index is 4.44. The molecular formula is C35H61N. The lowest BCUT2D eigenvalue weighted by Crippen LogP contribution is -2.11. The molecule has 0 fully saturated rings. The van der Waals surface area contributed by atoms with Gasteiger partial charge in [-0.15, -0.1) is 0 Å². The van der Waals surface area contributed by atoms with E-state index in [1.54, 1.807) is 0 Å². The highest BCUT2D eigenvalue weighted by molar-refractivity contribution is 5.33. The van der Waals surface area contributed by atoms with Crippen molar-refractivity contribution in [2.45, 2.75) is 143 Å². The van der Waals surface area contributed by atoms with Crippen molar-refractivity contribution >= 4 is 0 Å². The van der Waals surface area contributed by atoms with Gasteiger partial charge >= 0.3 is 0 Å². The number of nitrogens with zero attached hydrogens (tertiary/aromatic N) is 1. The van der Waals surface area contributed by atoms with Crippen molar-refractivity contribution in [2.75, 3.05) is 14.1 Å². The van der Waals surface area contributed by atoms with Gasteiger partial charge < -0.3 is 4.90 Å². The highest BCUT2D eigenvalue weighted by Crippen LogP contribution is 2.25. The van der Waals surface area contributed by atoms with Crippen LogP contribution in [0, 0.1) is 5.92 Å². The maximum Gasteiger partial charge on any atom is 0.0227 e. The van der Waals surface area contributed by atoms with Gasteiger partial charge in [0.15, 0.2) is 0 Å². The zero-order valence-corrected chi connectivity index (χ0v) is 25.1. The number of rotatable bonds is 23. The lowest BCUT2D eigenvalue weighted by Gasteiger charge is -2.17. The predicted octanol–water partition coefficient (Wildman–Crippen LogP) is 10.9. The molecule has 1 rings (SSSR count). The third-order valence-corrected chi connectivity index (χ3v) is 7.46. The van der Waals surface area contributed by atoms with Gasteiger partial charge in [0.1, 0.15) is 0 Å².